The lowest BCUT2D eigenvalue weighted by molar-refractivity contribution is -0.144. The van der Waals surface area contributed by atoms with E-state index in [9.17, 15) is 4.79 Å². The van der Waals surface area contributed by atoms with Crippen molar-refractivity contribution in [1.82, 2.24) is 0 Å². The number of amides is 1. The first-order valence-corrected chi connectivity index (χ1v) is 6.66. The van der Waals surface area contributed by atoms with Gasteiger partial charge in [0, 0.05) is 5.69 Å². The summed E-state index contributed by atoms with van der Waals surface area (Å²) in [7, 11) is 0. The third kappa shape index (κ3) is 2.11. The van der Waals surface area contributed by atoms with Crippen LogP contribution in [0.2, 0.25) is 0 Å². The van der Waals surface area contributed by atoms with Gasteiger partial charge in [-0.3, -0.25) is 4.79 Å². The van der Waals surface area contributed by atoms with E-state index in [0.29, 0.717) is 0 Å². The Morgan fingerprint density at radius 3 is 2.63 bits per heavy atom. The van der Waals surface area contributed by atoms with E-state index in [2.05, 4.69) is 17.5 Å². The van der Waals surface area contributed by atoms with E-state index in [4.69, 9.17) is 10.00 Å². The van der Waals surface area contributed by atoms with E-state index in [-0.39, 0.29) is 19.1 Å². The molecule has 1 aliphatic carbocycles. The number of rotatable bonds is 2. The maximum absolute atomic E-state index is 12.1. The van der Waals surface area contributed by atoms with Gasteiger partial charge in [-0.15, -0.1) is 0 Å². The fourth-order valence-electron chi connectivity index (χ4n) is 2.61. The molecule has 0 radical (unpaired) electrons. The molecule has 0 atom stereocenters. The van der Waals surface area contributed by atoms with Crippen molar-refractivity contribution in [3.63, 3.8) is 0 Å². The zero-order valence-electron chi connectivity index (χ0n) is 10.7. The van der Waals surface area contributed by atoms with E-state index in [1.165, 1.54) is 24.0 Å². The Hall–Kier alpha value is -1.86. The van der Waals surface area contributed by atoms with E-state index >= 15 is 0 Å². The van der Waals surface area contributed by atoms with Gasteiger partial charge in [0.25, 0.3) is 0 Å². The zero-order chi connectivity index (χ0) is 13.3. The van der Waals surface area contributed by atoms with Crippen molar-refractivity contribution in [2.45, 2.75) is 25.7 Å². The SMILES string of the molecule is N#CC1(C(=O)Nc2ccc3c(c2)CCCC3)COC1. The number of anilines is 1. The fourth-order valence-corrected chi connectivity index (χ4v) is 2.61. The number of nitrogens with zero attached hydrogens (tertiary/aromatic N) is 1. The summed E-state index contributed by atoms with van der Waals surface area (Å²) >= 11 is 0. The highest BCUT2D eigenvalue weighted by Gasteiger charge is 2.46. The summed E-state index contributed by atoms with van der Waals surface area (Å²) in [6, 6.07) is 8.11. The minimum Gasteiger partial charge on any atom is -0.377 e. The maximum atomic E-state index is 12.1. The summed E-state index contributed by atoms with van der Waals surface area (Å²) in [6.07, 6.45) is 4.65. The lowest BCUT2D eigenvalue weighted by Crippen LogP contribution is -2.50. The van der Waals surface area contributed by atoms with E-state index < -0.39 is 5.41 Å². The molecule has 0 saturated carbocycles. The molecule has 1 amide bonds. The number of nitrogens with one attached hydrogen (secondary N) is 1. The fraction of sp³-hybridized carbons (Fsp3) is 0.467. The van der Waals surface area contributed by atoms with Crippen LogP contribution in [0.3, 0.4) is 0 Å². The smallest absolute Gasteiger partial charge is 0.249 e. The third-order valence-electron chi connectivity index (χ3n) is 3.95. The Labute approximate surface area is 112 Å². The molecule has 2 aliphatic rings. The second-order valence-corrected chi connectivity index (χ2v) is 5.33. The molecule has 3 rings (SSSR count). The average molecular weight is 256 g/mol. The van der Waals surface area contributed by atoms with Crippen molar-refractivity contribution in [2.75, 3.05) is 18.5 Å². The number of carbonyl (C=O) groups is 1. The molecule has 0 spiro atoms. The quantitative estimate of drug-likeness (QED) is 0.880. The topological polar surface area (TPSA) is 62.1 Å². The molecular formula is C15H16N2O2. The molecule has 1 aliphatic heterocycles. The van der Waals surface area contributed by atoms with Crippen LogP contribution < -0.4 is 5.32 Å². The van der Waals surface area contributed by atoms with E-state index in [1.807, 2.05) is 12.1 Å². The summed E-state index contributed by atoms with van der Waals surface area (Å²) in [5.41, 5.74) is 2.49. The summed E-state index contributed by atoms with van der Waals surface area (Å²) in [5.74, 6) is -0.253. The normalized spacial score (nSPS) is 19.7. The molecule has 4 heteroatoms. The van der Waals surface area contributed by atoms with Crippen LogP contribution in [0.15, 0.2) is 18.2 Å². The van der Waals surface area contributed by atoms with Gasteiger partial charge in [0.2, 0.25) is 5.91 Å². The number of fused-ring (bicyclic) bond motifs is 1. The first-order chi connectivity index (χ1) is 9.23. The van der Waals surface area contributed by atoms with Gasteiger partial charge < -0.3 is 10.1 Å². The van der Waals surface area contributed by atoms with E-state index in [0.717, 1.165) is 18.5 Å². The molecular weight excluding hydrogens is 240 g/mol. The number of nitriles is 1. The van der Waals surface area contributed by atoms with Crippen LogP contribution in [0.25, 0.3) is 0 Å². The van der Waals surface area contributed by atoms with Crippen LogP contribution >= 0.6 is 0 Å². The number of benzene rings is 1. The van der Waals surface area contributed by atoms with Crippen LogP contribution in [0.5, 0.6) is 0 Å². The van der Waals surface area contributed by atoms with Gasteiger partial charge in [-0.1, -0.05) is 6.07 Å². The standard InChI is InChI=1S/C15H16N2O2/c16-8-15(9-19-10-15)14(18)17-13-6-5-11-3-1-2-4-12(11)7-13/h5-7H,1-4,9-10H2,(H,17,18). The molecule has 0 unspecified atom stereocenters. The van der Waals surface area contributed by atoms with Gasteiger partial charge >= 0.3 is 0 Å². The highest BCUT2D eigenvalue weighted by molar-refractivity contribution is 5.98. The van der Waals surface area contributed by atoms with Gasteiger partial charge in [-0.2, -0.15) is 5.26 Å². The predicted octanol–water partition coefficient (Wildman–Crippen LogP) is 2.04. The molecule has 0 bridgehead atoms. The van der Waals surface area contributed by atoms with Gasteiger partial charge in [-0.05, 0) is 48.9 Å². The van der Waals surface area contributed by atoms with Gasteiger partial charge in [0.1, 0.15) is 0 Å². The van der Waals surface area contributed by atoms with Gasteiger partial charge in [-0.25, -0.2) is 0 Å². The van der Waals surface area contributed by atoms with Crippen molar-refractivity contribution in [3.05, 3.63) is 29.3 Å². The Kier molecular flexibility index (Phi) is 3.00. The summed E-state index contributed by atoms with van der Waals surface area (Å²) in [4.78, 5) is 12.1. The van der Waals surface area contributed by atoms with E-state index in [1.54, 1.807) is 0 Å². The monoisotopic (exact) mass is 256 g/mol. The number of ether oxygens (including phenoxy) is 1. The Morgan fingerprint density at radius 1 is 1.26 bits per heavy atom. The minimum atomic E-state index is -0.990. The third-order valence-corrected chi connectivity index (χ3v) is 3.95. The highest BCUT2D eigenvalue weighted by atomic mass is 16.5. The molecule has 1 fully saturated rings. The number of carbonyl (C=O) groups excluding carboxylic acids is 1. The van der Waals surface area contributed by atoms with Crippen LogP contribution in [0.1, 0.15) is 24.0 Å². The lowest BCUT2D eigenvalue weighted by atomic mass is 9.86. The second kappa shape index (κ2) is 4.67. The van der Waals surface area contributed by atoms with Gasteiger partial charge in [0.05, 0.1) is 19.3 Å². The van der Waals surface area contributed by atoms with Crippen LogP contribution in [0, 0.1) is 16.7 Å². The molecule has 1 aromatic carbocycles. The molecule has 98 valence electrons. The molecule has 1 N–H and O–H groups in total. The van der Waals surface area contributed by atoms with Crippen LogP contribution in [0.4, 0.5) is 5.69 Å². The maximum Gasteiger partial charge on any atom is 0.249 e. The highest BCUT2D eigenvalue weighted by Crippen LogP contribution is 2.29. The van der Waals surface area contributed by atoms with Crippen molar-refractivity contribution >= 4 is 11.6 Å². The molecule has 1 saturated heterocycles. The largest absolute Gasteiger partial charge is 0.377 e. The van der Waals surface area contributed by atoms with Crippen molar-refractivity contribution in [3.8, 4) is 6.07 Å². The van der Waals surface area contributed by atoms with Crippen molar-refractivity contribution < 1.29 is 9.53 Å². The lowest BCUT2D eigenvalue weighted by Gasteiger charge is -2.33. The first-order valence-electron chi connectivity index (χ1n) is 6.66. The van der Waals surface area contributed by atoms with Crippen LogP contribution in [-0.2, 0) is 22.4 Å². The Balaban J connectivity index is 1.77. The number of hydrogen-bond acceptors (Lipinski definition) is 3. The summed E-state index contributed by atoms with van der Waals surface area (Å²) in [6.45, 7) is 0.389. The second-order valence-electron chi connectivity index (χ2n) is 5.33. The molecule has 1 aromatic rings. The van der Waals surface area contributed by atoms with Crippen LogP contribution in [-0.4, -0.2) is 19.1 Å². The average Bonchev–Trinajstić information content (AvgIpc) is 2.38. The molecule has 0 aromatic heterocycles. The van der Waals surface area contributed by atoms with Gasteiger partial charge in [0.15, 0.2) is 5.41 Å². The summed E-state index contributed by atoms with van der Waals surface area (Å²) < 4.78 is 5.00. The van der Waals surface area contributed by atoms with Crippen molar-refractivity contribution in [1.29, 1.82) is 5.26 Å². The first kappa shape index (κ1) is 12.2. The van der Waals surface area contributed by atoms with Crippen molar-refractivity contribution in [2.24, 2.45) is 5.41 Å². The Morgan fingerprint density at radius 2 is 2.00 bits per heavy atom. The molecule has 4 nitrogen and oxygen atoms in total. The number of hydrogen-bond donors (Lipinski definition) is 1. The Bertz CT molecular complexity index is 556. The minimum absolute atomic E-state index is 0.195. The molecule has 19 heavy (non-hydrogen) atoms. The zero-order valence-corrected chi connectivity index (χ0v) is 10.7. The summed E-state index contributed by atoms with van der Waals surface area (Å²) in [5, 5.41) is 11.9. The predicted molar refractivity (Wildman–Crippen MR) is 70.6 cm³/mol. The molecule has 1 heterocycles. The number of aryl methyl sites for hydroxylation is 2.